The van der Waals surface area contributed by atoms with Gasteiger partial charge in [-0.3, -0.25) is 0 Å². The molecular formula is C12H19N5O2. The highest BCUT2D eigenvalue weighted by atomic mass is 16.5. The van der Waals surface area contributed by atoms with E-state index < -0.39 is 0 Å². The number of ether oxygens (including phenoxy) is 1. The number of fused-ring (bicyclic) bond motifs is 3. The summed E-state index contributed by atoms with van der Waals surface area (Å²) in [5, 5.41) is 10.9. The highest BCUT2D eigenvalue weighted by Gasteiger charge is 2.41. The molecular weight excluding hydrogens is 246 g/mol. The van der Waals surface area contributed by atoms with Crippen LogP contribution in [0.2, 0.25) is 0 Å². The van der Waals surface area contributed by atoms with Crippen LogP contribution in [-0.4, -0.2) is 51.7 Å². The van der Waals surface area contributed by atoms with Gasteiger partial charge in [-0.2, -0.15) is 0 Å². The molecule has 0 bridgehead atoms. The van der Waals surface area contributed by atoms with Crippen LogP contribution in [0.25, 0.3) is 0 Å². The Bertz CT molecular complexity index is 461. The summed E-state index contributed by atoms with van der Waals surface area (Å²) in [4.78, 5) is 13.8. The van der Waals surface area contributed by atoms with Crippen LogP contribution in [0.5, 0.6) is 0 Å². The summed E-state index contributed by atoms with van der Waals surface area (Å²) >= 11 is 0. The summed E-state index contributed by atoms with van der Waals surface area (Å²) < 4.78 is 7.67. The van der Waals surface area contributed by atoms with Crippen molar-refractivity contribution in [2.45, 2.75) is 38.5 Å². The number of urea groups is 1. The Morgan fingerprint density at radius 3 is 3.32 bits per heavy atom. The molecule has 1 N–H and O–H groups in total. The van der Waals surface area contributed by atoms with E-state index in [2.05, 4.69) is 22.6 Å². The van der Waals surface area contributed by atoms with Gasteiger partial charge < -0.3 is 15.0 Å². The summed E-state index contributed by atoms with van der Waals surface area (Å²) in [7, 11) is 0. The Morgan fingerprint density at radius 1 is 1.58 bits per heavy atom. The van der Waals surface area contributed by atoms with Crippen molar-refractivity contribution < 1.29 is 9.53 Å². The molecule has 0 radical (unpaired) electrons. The lowest BCUT2D eigenvalue weighted by Crippen LogP contribution is -2.39. The van der Waals surface area contributed by atoms with Gasteiger partial charge in [-0.05, 0) is 6.42 Å². The molecule has 7 heteroatoms. The highest BCUT2D eigenvalue weighted by Crippen LogP contribution is 2.29. The summed E-state index contributed by atoms with van der Waals surface area (Å²) in [5.74, 6) is 0. The molecule has 2 atom stereocenters. The van der Waals surface area contributed by atoms with Gasteiger partial charge in [-0.1, -0.05) is 18.6 Å². The topological polar surface area (TPSA) is 72.3 Å². The maximum Gasteiger partial charge on any atom is 0.317 e. The molecule has 1 saturated heterocycles. The predicted molar refractivity (Wildman–Crippen MR) is 67.5 cm³/mol. The first-order valence-corrected chi connectivity index (χ1v) is 6.83. The molecule has 1 unspecified atom stereocenters. The third kappa shape index (κ3) is 2.30. The van der Waals surface area contributed by atoms with Crippen molar-refractivity contribution in [2.24, 2.45) is 0 Å². The minimum atomic E-state index is -0.00637. The van der Waals surface area contributed by atoms with E-state index >= 15 is 0 Å². The fraction of sp³-hybridized carbons (Fsp3) is 0.750. The first-order chi connectivity index (χ1) is 9.29. The number of nitrogens with zero attached hydrogens (tertiary/aromatic N) is 4. The smallest absolute Gasteiger partial charge is 0.317 e. The van der Waals surface area contributed by atoms with E-state index in [9.17, 15) is 4.79 Å². The lowest BCUT2D eigenvalue weighted by atomic mass is 10.2. The van der Waals surface area contributed by atoms with E-state index in [1.807, 2.05) is 9.58 Å². The number of unbranched alkanes of at least 4 members (excludes halogenated alkanes) is 1. The van der Waals surface area contributed by atoms with Crippen molar-refractivity contribution >= 4 is 6.03 Å². The van der Waals surface area contributed by atoms with E-state index in [1.54, 1.807) is 6.20 Å². The SMILES string of the molecule is CCCCNC(=O)N1CC2OCc3cnnn3[C@@H]2C1. The van der Waals surface area contributed by atoms with Gasteiger partial charge in [0.1, 0.15) is 0 Å². The van der Waals surface area contributed by atoms with Crippen molar-refractivity contribution in [3.05, 3.63) is 11.9 Å². The Balaban J connectivity index is 1.63. The van der Waals surface area contributed by atoms with Gasteiger partial charge in [0.2, 0.25) is 0 Å². The van der Waals surface area contributed by atoms with Crippen molar-refractivity contribution in [1.29, 1.82) is 0 Å². The summed E-state index contributed by atoms with van der Waals surface area (Å²) in [6.45, 7) is 4.63. The van der Waals surface area contributed by atoms with E-state index in [4.69, 9.17) is 4.74 Å². The zero-order valence-corrected chi connectivity index (χ0v) is 11.1. The second-order valence-electron chi connectivity index (χ2n) is 5.08. The predicted octanol–water partition coefficient (Wildman–Crippen LogP) is 0.543. The largest absolute Gasteiger partial charge is 0.368 e. The summed E-state index contributed by atoms with van der Waals surface area (Å²) in [6, 6.07) is 0.0938. The molecule has 0 spiro atoms. The number of aromatic nitrogens is 3. The molecule has 0 aromatic carbocycles. The molecule has 7 nitrogen and oxygen atoms in total. The van der Waals surface area contributed by atoms with E-state index in [0.29, 0.717) is 19.7 Å². The average molecular weight is 265 g/mol. The molecule has 2 amide bonds. The number of hydrogen-bond acceptors (Lipinski definition) is 4. The zero-order chi connectivity index (χ0) is 13.2. The normalized spacial score (nSPS) is 25.0. The van der Waals surface area contributed by atoms with Crippen molar-refractivity contribution in [3.63, 3.8) is 0 Å². The molecule has 0 saturated carbocycles. The lowest BCUT2D eigenvalue weighted by Gasteiger charge is -2.25. The lowest BCUT2D eigenvalue weighted by molar-refractivity contribution is -0.00442. The first kappa shape index (κ1) is 12.4. The minimum absolute atomic E-state index is 0.00637. The van der Waals surface area contributed by atoms with Gasteiger partial charge in [-0.15, -0.1) is 5.10 Å². The molecule has 1 fully saturated rings. The number of likely N-dealkylation sites (tertiary alicyclic amines) is 1. The average Bonchev–Trinajstić information content (AvgIpc) is 3.04. The molecule has 1 aromatic rings. The molecule has 2 aliphatic heterocycles. The van der Waals surface area contributed by atoms with Crippen LogP contribution < -0.4 is 5.32 Å². The number of nitrogens with one attached hydrogen (secondary N) is 1. The van der Waals surface area contributed by atoms with Crippen LogP contribution in [0, 0.1) is 0 Å². The fourth-order valence-corrected chi connectivity index (χ4v) is 2.64. The Labute approximate surface area is 111 Å². The van der Waals surface area contributed by atoms with Crippen molar-refractivity contribution in [3.8, 4) is 0 Å². The van der Waals surface area contributed by atoms with Gasteiger partial charge in [-0.25, -0.2) is 9.48 Å². The highest BCUT2D eigenvalue weighted by molar-refractivity contribution is 5.74. The van der Waals surface area contributed by atoms with Crippen molar-refractivity contribution in [2.75, 3.05) is 19.6 Å². The molecule has 3 heterocycles. The number of amides is 2. The second kappa shape index (κ2) is 5.16. The van der Waals surface area contributed by atoms with Gasteiger partial charge in [0, 0.05) is 13.1 Å². The molecule has 0 aliphatic carbocycles. The molecule has 3 rings (SSSR count). The second-order valence-corrected chi connectivity index (χ2v) is 5.08. The number of carbonyl (C=O) groups excluding carboxylic acids is 1. The molecule has 104 valence electrons. The maximum atomic E-state index is 12.0. The van der Waals surface area contributed by atoms with Gasteiger partial charge in [0.05, 0.1) is 37.2 Å². The summed E-state index contributed by atoms with van der Waals surface area (Å²) in [5.41, 5.74) is 0.981. The van der Waals surface area contributed by atoms with Gasteiger partial charge >= 0.3 is 6.03 Å². The molecule has 1 aromatic heterocycles. The minimum Gasteiger partial charge on any atom is -0.368 e. The zero-order valence-electron chi connectivity index (χ0n) is 11.1. The van der Waals surface area contributed by atoms with Gasteiger partial charge in [0.25, 0.3) is 0 Å². The Hall–Kier alpha value is -1.63. The van der Waals surface area contributed by atoms with Crippen LogP contribution in [0.15, 0.2) is 6.20 Å². The number of hydrogen-bond donors (Lipinski definition) is 1. The fourth-order valence-electron chi connectivity index (χ4n) is 2.64. The maximum absolute atomic E-state index is 12.0. The van der Waals surface area contributed by atoms with Crippen LogP contribution in [-0.2, 0) is 11.3 Å². The van der Waals surface area contributed by atoms with E-state index in [0.717, 1.165) is 25.1 Å². The van der Waals surface area contributed by atoms with Crippen LogP contribution in [0.3, 0.4) is 0 Å². The van der Waals surface area contributed by atoms with Crippen molar-refractivity contribution in [1.82, 2.24) is 25.2 Å². The van der Waals surface area contributed by atoms with Gasteiger partial charge in [0.15, 0.2) is 0 Å². The molecule has 2 aliphatic rings. The van der Waals surface area contributed by atoms with E-state index in [-0.39, 0.29) is 18.2 Å². The third-order valence-corrected chi connectivity index (χ3v) is 3.74. The number of rotatable bonds is 3. The first-order valence-electron chi connectivity index (χ1n) is 6.83. The number of carbonyl (C=O) groups is 1. The molecule has 19 heavy (non-hydrogen) atoms. The third-order valence-electron chi connectivity index (χ3n) is 3.74. The van der Waals surface area contributed by atoms with Crippen LogP contribution in [0.4, 0.5) is 4.79 Å². The standard InChI is InChI=1S/C12H19N5O2/c1-2-3-4-13-12(18)16-6-10-11(7-16)19-8-9-5-14-15-17(9)10/h5,10-11H,2-4,6-8H2,1H3,(H,13,18)/t10-,11?/m1/s1. The summed E-state index contributed by atoms with van der Waals surface area (Å²) in [6.07, 6.45) is 3.85. The quantitative estimate of drug-likeness (QED) is 0.810. The van der Waals surface area contributed by atoms with Crippen LogP contribution >= 0.6 is 0 Å². The Morgan fingerprint density at radius 2 is 2.47 bits per heavy atom. The Kier molecular flexibility index (Phi) is 3.37. The van der Waals surface area contributed by atoms with E-state index in [1.165, 1.54) is 0 Å². The van der Waals surface area contributed by atoms with Crippen LogP contribution in [0.1, 0.15) is 31.5 Å². The monoisotopic (exact) mass is 265 g/mol.